The molecule has 0 saturated heterocycles. The molecule has 3 aromatic heterocycles. The fraction of sp³-hybridized carbons (Fsp3) is 0.387. The molecule has 6 rings (SSSR count). The Hall–Kier alpha value is -3.47. The molecular weight excluding hydrogens is 446 g/mol. The highest BCUT2D eigenvalue weighted by atomic mass is 16.4. The molecule has 0 aliphatic rings. The van der Waals surface area contributed by atoms with Crippen molar-refractivity contribution in [2.24, 2.45) is 0 Å². The van der Waals surface area contributed by atoms with Gasteiger partial charge >= 0.3 is 0 Å². The minimum atomic E-state index is -0.132. The summed E-state index contributed by atoms with van der Waals surface area (Å²) in [5, 5.41) is 4.65. The number of benzene rings is 3. The lowest BCUT2D eigenvalue weighted by Crippen LogP contribution is -2.25. The quantitative estimate of drug-likeness (QED) is 0.228. The monoisotopic (exact) mass is 481 g/mol. The van der Waals surface area contributed by atoms with Crippen LogP contribution >= 0.6 is 0 Å². The molecule has 0 N–H and O–H groups in total. The summed E-state index contributed by atoms with van der Waals surface area (Å²) in [5.41, 5.74) is 6.67. The van der Waals surface area contributed by atoms with Crippen LogP contribution in [0.1, 0.15) is 60.3 Å². The Balaban J connectivity index is 1.70. The third-order valence-electron chi connectivity index (χ3n) is 7.40. The summed E-state index contributed by atoms with van der Waals surface area (Å²) in [6.45, 7) is 13.4. The minimum absolute atomic E-state index is 0.132. The molecule has 0 unspecified atom stereocenters. The first-order valence-electron chi connectivity index (χ1n) is 13.3. The first-order valence-corrected chi connectivity index (χ1v) is 13.3. The van der Waals surface area contributed by atoms with Crippen molar-refractivity contribution in [3.63, 3.8) is 0 Å². The van der Waals surface area contributed by atoms with E-state index in [1.807, 2.05) is 0 Å². The number of hydrogen-bond acceptors (Lipinski definition) is 4. The standard InChI is InChI=1S/C31H35N3O2/c1-6-8-16-33(17-9-7-2)20-14-15-22-24(18-20)36-29-26(22)25-21-12-10-11-13-23(21)34(31(3,4)5)28(25)27-30(29)35-19-32-27/h10-15,18-19H,6-9,16-17H2,1-5H3. The van der Waals surface area contributed by atoms with Gasteiger partial charge in [0.2, 0.25) is 0 Å². The van der Waals surface area contributed by atoms with Gasteiger partial charge in [-0.1, -0.05) is 44.9 Å². The maximum Gasteiger partial charge on any atom is 0.199 e. The molecule has 0 aliphatic heterocycles. The number of hydrogen-bond donors (Lipinski definition) is 0. The number of fused-ring (bicyclic) bond motifs is 10. The molecule has 5 heteroatoms. The van der Waals surface area contributed by atoms with Crippen LogP contribution in [0, 0.1) is 0 Å². The molecule has 0 bridgehead atoms. The molecule has 36 heavy (non-hydrogen) atoms. The van der Waals surface area contributed by atoms with Gasteiger partial charge in [-0.2, -0.15) is 0 Å². The molecule has 0 saturated carbocycles. The number of nitrogens with zero attached hydrogens (tertiary/aromatic N) is 3. The van der Waals surface area contributed by atoms with E-state index in [9.17, 15) is 0 Å². The molecule has 0 fully saturated rings. The zero-order valence-electron chi connectivity index (χ0n) is 22.0. The number of furan rings is 1. The van der Waals surface area contributed by atoms with Gasteiger partial charge in [0.05, 0.1) is 5.52 Å². The van der Waals surface area contributed by atoms with Crippen LogP contribution in [0.5, 0.6) is 0 Å². The summed E-state index contributed by atoms with van der Waals surface area (Å²) in [5.74, 6) is 0. The second-order valence-corrected chi connectivity index (χ2v) is 11.0. The third-order valence-corrected chi connectivity index (χ3v) is 7.40. The minimum Gasteiger partial charge on any atom is -0.452 e. The zero-order valence-corrected chi connectivity index (χ0v) is 22.0. The maximum atomic E-state index is 6.61. The zero-order chi connectivity index (χ0) is 25.0. The number of oxazole rings is 1. The van der Waals surface area contributed by atoms with Crippen molar-refractivity contribution in [1.29, 1.82) is 0 Å². The fourth-order valence-electron chi connectivity index (χ4n) is 5.75. The average molecular weight is 482 g/mol. The van der Waals surface area contributed by atoms with Crippen LogP contribution in [-0.4, -0.2) is 22.6 Å². The largest absolute Gasteiger partial charge is 0.452 e. The van der Waals surface area contributed by atoms with Crippen molar-refractivity contribution in [3.05, 3.63) is 48.9 Å². The lowest BCUT2D eigenvalue weighted by Gasteiger charge is -2.24. The number of para-hydroxylation sites is 1. The van der Waals surface area contributed by atoms with E-state index in [4.69, 9.17) is 13.8 Å². The Morgan fingerprint density at radius 1 is 0.889 bits per heavy atom. The van der Waals surface area contributed by atoms with Crippen LogP contribution in [-0.2, 0) is 5.54 Å². The Morgan fingerprint density at radius 3 is 2.36 bits per heavy atom. The first-order chi connectivity index (χ1) is 17.4. The maximum absolute atomic E-state index is 6.61. The SMILES string of the molecule is CCCCN(CCCC)c1ccc2c(c1)oc1c3ocnc3c3c(c4ccccc4n3C(C)(C)C)c21. The first kappa shape index (κ1) is 23.0. The van der Waals surface area contributed by atoms with Crippen LogP contribution in [0.4, 0.5) is 5.69 Å². The summed E-state index contributed by atoms with van der Waals surface area (Å²) >= 11 is 0. The van der Waals surface area contributed by atoms with Crippen molar-refractivity contribution in [2.45, 2.75) is 65.8 Å². The summed E-state index contributed by atoms with van der Waals surface area (Å²) < 4.78 is 15.0. The molecule has 0 radical (unpaired) electrons. The van der Waals surface area contributed by atoms with E-state index in [0.29, 0.717) is 0 Å². The van der Waals surface area contributed by atoms with Crippen molar-refractivity contribution in [1.82, 2.24) is 9.55 Å². The van der Waals surface area contributed by atoms with Gasteiger partial charge in [-0.3, -0.25) is 0 Å². The van der Waals surface area contributed by atoms with Crippen molar-refractivity contribution < 1.29 is 8.83 Å². The van der Waals surface area contributed by atoms with Gasteiger partial charge < -0.3 is 18.3 Å². The van der Waals surface area contributed by atoms with E-state index in [0.717, 1.165) is 51.6 Å². The Morgan fingerprint density at radius 2 is 1.64 bits per heavy atom. The highest BCUT2D eigenvalue weighted by Gasteiger charge is 2.28. The predicted molar refractivity (Wildman–Crippen MR) is 151 cm³/mol. The van der Waals surface area contributed by atoms with Gasteiger partial charge in [-0.25, -0.2) is 4.98 Å². The molecule has 0 amide bonds. The molecule has 0 aliphatic carbocycles. The lowest BCUT2D eigenvalue weighted by atomic mass is 10.0. The molecule has 6 aromatic rings. The van der Waals surface area contributed by atoms with Crippen LogP contribution in [0.15, 0.2) is 57.7 Å². The normalized spacial score (nSPS) is 12.7. The summed E-state index contributed by atoms with van der Waals surface area (Å²) in [6.07, 6.45) is 6.30. The second-order valence-electron chi connectivity index (χ2n) is 11.0. The molecular formula is C31H35N3O2. The van der Waals surface area contributed by atoms with Gasteiger partial charge in [0.15, 0.2) is 17.6 Å². The molecule has 0 atom stereocenters. The molecule has 0 spiro atoms. The number of anilines is 1. The highest BCUT2D eigenvalue weighted by Crippen LogP contribution is 2.46. The van der Waals surface area contributed by atoms with E-state index in [-0.39, 0.29) is 5.54 Å². The third kappa shape index (κ3) is 3.40. The fourth-order valence-corrected chi connectivity index (χ4v) is 5.75. The van der Waals surface area contributed by atoms with Crippen LogP contribution in [0.2, 0.25) is 0 Å². The molecule has 3 aromatic carbocycles. The van der Waals surface area contributed by atoms with Crippen LogP contribution in [0.25, 0.3) is 54.8 Å². The lowest BCUT2D eigenvalue weighted by molar-refractivity contribution is 0.424. The van der Waals surface area contributed by atoms with Gasteiger partial charge in [-0.15, -0.1) is 0 Å². The summed E-state index contributed by atoms with van der Waals surface area (Å²) in [7, 11) is 0. The van der Waals surface area contributed by atoms with Gasteiger partial charge in [0.1, 0.15) is 11.1 Å². The summed E-state index contributed by atoms with van der Waals surface area (Å²) in [4.78, 5) is 7.20. The number of unbranched alkanes of at least 4 members (excludes halogenated alkanes) is 2. The molecule has 186 valence electrons. The number of aromatic nitrogens is 2. The topological polar surface area (TPSA) is 47.3 Å². The van der Waals surface area contributed by atoms with E-state index in [1.165, 1.54) is 47.7 Å². The van der Waals surface area contributed by atoms with Crippen LogP contribution < -0.4 is 4.90 Å². The van der Waals surface area contributed by atoms with Crippen LogP contribution in [0.3, 0.4) is 0 Å². The Bertz CT molecular complexity index is 1700. The summed E-state index contributed by atoms with van der Waals surface area (Å²) in [6, 6.07) is 15.4. The Labute approximate surface area is 211 Å². The predicted octanol–water partition coefficient (Wildman–Crippen LogP) is 9.00. The number of rotatable bonds is 7. The van der Waals surface area contributed by atoms with E-state index < -0.39 is 0 Å². The van der Waals surface area contributed by atoms with E-state index in [1.54, 1.807) is 6.39 Å². The second kappa shape index (κ2) is 8.58. The molecule has 3 heterocycles. The van der Waals surface area contributed by atoms with Crippen molar-refractivity contribution in [3.8, 4) is 0 Å². The van der Waals surface area contributed by atoms with Gasteiger partial charge in [0.25, 0.3) is 0 Å². The van der Waals surface area contributed by atoms with E-state index in [2.05, 4.69) is 86.6 Å². The van der Waals surface area contributed by atoms with Crippen molar-refractivity contribution >= 4 is 60.5 Å². The van der Waals surface area contributed by atoms with E-state index >= 15 is 0 Å². The Kier molecular flexibility index (Phi) is 5.47. The van der Waals surface area contributed by atoms with Crippen molar-refractivity contribution in [2.75, 3.05) is 18.0 Å². The smallest absolute Gasteiger partial charge is 0.199 e. The van der Waals surface area contributed by atoms with Gasteiger partial charge in [-0.05, 0) is 51.8 Å². The highest BCUT2D eigenvalue weighted by molar-refractivity contribution is 6.34. The molecule has 5 nitrogen and oxygen atoms in total. The average Bonchev–Trinajstić information content (AvgIpc) is 3.56. The van der Waals surface area contributed by atoms with Gasteiger partial charge in [0, 0.05) is 57.4 Å².